The predicted octanol–water partition coefficient (Wildman–Crippen LogP) is 6.73. The van der Waals surface area contributed by atoms with Gasteiger partial charge in [0.25, 0.3) is 5.91 Å². The minimum absolute atomic E-state index is 0.0304. The van der Waals surface area contributed by atoms with E-state index in [0.717, 1.165) is 18.6 Å². The van der Waals surface area contributed by atoms with Crippen molar-refractivity contribution in [1.82, 2.24) is 10.3 Å². The average molecular weight is 516 g/mol. The molecule has 0 radical (unpaired) electrons. The Morgan fingerprint density at radius 2 is 1.86 bits per heavy atom. The first kappa shape index (κ1) is 24.6. The van der Waals surface area contributed by atoms with Crippen LogP contribution in [0.25, 0.3) is 22.6 Å². The molecule has 1 amide bonds. The van der Waals surface area contributed by atoms with E-state index in [2.05, 4.69) is 15.6 Å². The van der Waals surface area contributed by atoms with Crippen LogP contribution in [0.1, 0.15) is 30.6 Å². The smallest absolute Gasteiger partial charge is 0.257 e. The molecule has 0 aliphatic heterocycles. The van der Waals surface area contributed by atoms with Crippen molar-refractivity contribution in [2.75, 3.05) is 5.32 Å². The maximum Gasteiger partial charge on any atom is 0.257 e. The van der Waals surface area contributed by atoms with E-state index in [4.69, 9.17) is 33.0 Å². The van der Waals surface area contributed by atoms with Gasteiger partial charge in [-0.15, -0.1) is 0 Å². The van der Waals surface area contributed by atoms with Crippen molar-refractivity contribution in [3.8, 4) is 17.2 Å². The highest BCUT2D eigenvalue weighted by atomic mass is 35.5. The molecule has 1 aromatic heterocycles. The number of nitrogens with one attached hydrogen (secondary N) is 2. The molecule has 35 heavy (non-hydrogen) atoms. The molecule has 0 spiro atoms. The number of hydrogen-bond donors (Lipinski definition) is 2. The number of halogens is 3. The molecule has 6 nitrogen and oxygen atoms in total. The number of benzene rings is 3. The van der Waals surface area contributed by atoms with Crippen LogP contribution in [0.4, 0.5) is 14.5 Å². The fourth-order valence-corrected chi connectivity index (χ4v) is 3.59. The van der Waals surface area contributed by atoms with Gasteiger partial charge in [-0.05, 0) is 80.2 Å². The summed E-state index contributed by atoms with van der Waals surface area (Å²) >= 11 is 11.3. The number of oxazole rings is 1. The highest BCUT2D eigenvalue weighted by Gasteiger charge is 2.16. The van der Waals surface area contributed by atoms with E-state index < -0.39 is 11.6 Å². The zero-order valence-electron chi connectivity index (χ0n) is 18.7. The topological polar surface area (TPSA) is 76.4 Å². The summed E-state index contributed by atoms with van der Waals surface area (Å²) in [7, 11) is 0. The number of rotatable bonds is 6. The van der Waals surface area contributed by atoms with Gasteiger partial charge in [-0.25, -0.2) is 13.8 Å². The van der Waals surface area contributed by atoms with Crippen molar-refractivity contribution in [2.24, 2.45) is 0 Å². The van der Waals surface area contributed by atoms with Crippen LogP contribution < -0.4 is 15.4 Å². The fourth-order valence-electron chi connectivity index (χ4n) is 3.14. The summed E-state index contributed by atoms with van der Waals surface area (Å²) < 4.78 is 38.4. The van der Waals surface area contributed by atoms with Gasteiger partial charge in [0, 0.05) is 11.3 Å². The highest BCUT2D eigenvalue weighted by Crippen LogP contribution is 2.32. The number of nitrogens with zero attached hydrogens (tertiary/aromatic N) is 1. The first-order valence-electron chi connectivity index (χ1n) is 10.7. The molecular weight excluding hydrogens is 496 g/mol. The molecule has 0 fully saturated rings. The Hall–Kier alpha value is -3.56. The summed E-state index contributed by atoms with van der Waals surface area (Å²) in [6.07, 6.45) is 0.959. The second kappa shape index (κ2) is 10.4. The molecule has 1 atom stereocenters. The number of aromatic nitrogens is 1. The Morgan fingerprint density at radius 1 is 1.14 bits per heavy atom. The van der Waals surface area contributed by atoms with Crippen LogP contribution >= 0.6 is 23.8 Å². The molecule has 0 aliphatic carbocycles. The zero-order chi connectivity index (χ0) is 25.1. The average Bonchev–Trinajstić information content (AvgIpc) is 3.24. The summed E-state index contributed by atoms with van der Waals surface area (Å²) in [4.78, 5) is 16.8. The molecule has 0 bridgehead atoms. The predicted molar refractivity (Wildman–Crippen MR) is 135 cm³/mol. The lowest BCUT2D eigenvalue weighted by atomic mass is 10.2. The standard InChI is InChI=1S/C25H20ClF2N3O3S/c1-3-13(2)33-16-7-4-14(5-8-16)23(32)31-25(35)29-15-6-9-22-21(10-15)30-24(34-22)17-11-19(27)20(28)12-18(17)26/h4-13H,3H2,1-2H3,(H2,29,31,32,35)/t13-/m1/s1. The number of ether oxygens (including phenoxy) is 1. The molecule has 3 aromatic carbocycles. The quantitative estimate of drug-likeness (QED) is 0.219. The SMILES string of the molecule is CC[C@@H](C)Oc1ccc(C(=O)NC(=S)Nc2ccc3oc(-c4cc(F)c(F)cc4Cl)nc3c2)cc1. The Labute approximate surface area is 210 Å². The summed E-state index contributed by atoms with van der Waals surface area (Å²) in [6.45, 7) is 4.00. The molecule has 0 aliphatic rings. The van der Waals surface area contributed by atoms with Gasteiger partial charge in [0.2, 0.25) is 5.89 Å². The second-order valence-corrected chi connectivity index (χ2v) is 8.53. The van der Waals surface area contributed by atoms with Gasteiger partial charge in [0.1, 0.15) is 11.3 Å². The molecule has 0 saturated heterocycles. The lowest BCUT2D eigenvalue weighted by Gasteiger charge is -2.13. The third-order valence-corrected chi connectivity index (χ3v) is 5.66. The molecule has 0 unspecified atom stereocenters. The van der Waals surface area contributed by atoms with Gasteiger partial charge >= 0.3 is 0 Å². The van der Waals surface area contributed by atoms with Crippen molar-refractivity contribution < 1.29 is 22.7 Å². The lowest BCUT2D eigenvalue weighted by molar-refractivity contribution is 0.0977. The Kier molecular flexibility index (Phi) is 7.28. The van der Waals surface area contributed by atoms with E-state index in [1.165, 1.54) is 0 Å². The number of fused-ring (bicyclic) bond motifs is 1. The zero-order valence-corrected chi connectivity index (χ0v) is 20.3. The monoisotopic (exact) mass is 515 g/mol. The van der Waals surface area contributed by atoms with Gasteiger partial charge < -0.3 is 14.5 Å². The lowest BCUT2D eigenvalue weighted by Crippen LogP contribution is -2.34. The van der Waals surface area contributed by atoms with Crippen molar-refractivity contribution in [2.45, 2.75) is 26.4 Å². The van der Waals surface area contributed by atoms with E-state index in [-0.39, 0.29) is 33.6 Å². The molecule has 2 N–H and O–H groups in total. The molecule has 1 heterocycles. The molecule has 4 aromatic rings. The normalized spacial score (nSPS) is 11.8. The first-order valence-corrected chi connectivity index (χ1v) is 11.5. The van der Waals surface area contributed by atoms with E-state index in [0.29, 0.717) is 28.1 Å². The van der Waals surface area contributed by atoms with Crippen LogP contribution in [-0.2, 0) is 0 Å². The fraction of sp³-hybridized carbons (Fsp3) is 0.160. The van der Waals surface area contributed by atoms with Crippen molar-refractivity contribution in [3.63, 3.8) is 0 Å². The van der Waals surface area contributed by atoms with Crippen LogP contribution in [0.15, 0.2) is 59.0 Å². The van der Waals surface area contributed by atoms with Crippen LogP contribution in [0.3, 0.4) is 0 Å². The maximum absolute atomic E-state index is 13.7. The Balaban J connectivity index is 1.43. The number of hydrogen-bond acceptors (Lipinski definition) is 5. The van der Waals surface area contributed by atoms with Crippen LogP contribution in [0.5, 0.6) is 5.75 Å². The molecule has 10 heteroatoms. The van der Waals surface area contributed by atoms with Gasteiger partial charge in [0.15, 0.2) is 22.3 Å². The Morgan fingerprint density at radius 3 is 2.57 bits per heavy atom. The third kappa shape index (κ3) is 5.75. The second-order valence-electron chi connectivity index (χ2n) is 7.72. The summed E-state index contributed by atoms with van der Waals surface area (Å²) in [5.74, 6) is -1.78. The van der Waals surface area contributed by atoms with Crippen LogP contribution in [0, 0.1) is 11.6 Å². The first-order chi connectivity index (χ1) is 16.7. The van der Waals surface area contributed by atoms with E-state index in [1.807, 2.05) is 13.8 Å². The summed E-state index contributed by atoms with van der Waals surface area (Å²) in [5.41, 5.74) is 1.92. The van der Waals surface area contributed by atoms with Crippen molar-refractivity contribution >= 4 is 51.6 Å². The van der Waals surface area contributed by atoms with Gasteiger partial charge in [0.05, 0.1) is 16.7 Å². The Bertz CT molecular complexity index is 1410. The van der Waals surface area contributed by atoms with Crippen molar-refractivity contribution in [3.05, 3.63) is 76.8 Å². The maximum atomic E-state index is 13.7. The van der Waals surface area contributed by atoms with Crippen LogP contribution in [-0.4, -0.2) is 22.1 Å². The molecule has 0 saturated carbocycles. The number of anilines is 1. The van der Waals surface area contributed by atoms with E-state index >= 15 is 0 Å². The summed E-state index contributed by atoms with van der Waals surface area (Å²) in [5, 5.41) is 5.59. The molecule has 4 rings (SSSR count). The largest absolute Gasteiger partial charge is 0.491 e. The third-order valence-electron chi connectivity index (χ3n) is 5.14. The number of thiocarbonyl (C=S) groups is 1. The number of carbonyl (C=O) groups excluding carboxylic acids is 1. The van der Waals surface area contributed by atoms with Gasteiger partial charge in [-0.2, -0.15) is 0 Å². The molecular formula is C25H20ClF2N3O3S. The van der Waals surface area contributed by atoms with Gasteiger partial charge in [-0.3, -0.25) is 10.1 Å². The minimum Gasteiger partial charge on any atom is -0.491 e. The number of amides is 1. The minimum atomic E-state index is -1.06. The summed E-state index contributed by atoms with van der Waals surface area (Å²) in [6, 6.07) is 13.5. The van der Waals surface area contributed by atoms with Gasteiger partial charge in [-0.1, -0.05) is 18.5 Å². The van der Waals surface area contributed by atoms with E-state index in [1.54, 1.807) is 42.5 Å². The van der Waals surface area contributed by atoms with Crippen LogP contribution in [0.2, 0.25) is 5.02 Å². The van der Waals surface area contributed by atoms with Crippen molar-refractivity contribution in [1.29, 1.82) is 0 Å². The molecule has 180 valence electrons. The highest BCUT2D eigenvalue weighted by molar-refractivity contribution is 7.80. The number of carbonyl (C=O) groups is 1. The van der Waals surface area contributed by atoms with E-state index in [9.17, 15) is 13.6 Å².